The summed E-state index contributed by atoms with van der Waals surface area (Å²) in [6, 6.07) is 51.5. The molecule has 1 fully saturated rings. The summed E-state index contributed by atoms with van der Waals surface area (Å²) in [6.07, 6.45) is 8.20. The van der Waals surface area contributed by atoms with Crippen LogP contribution in [0.1, 0.15) is 128 Å². The topological polar surface area (TPSA) is 537 Å². The number of methoxy groups -OCH3 is 6. The summed E-state index contributed by atoms with van der Waals surface area (Å²) < 4.78 is 82.3. The molecule has 4 aromatic carbocycles. The molecule has 16 aromatic heterocycles. The van der Waals surface area contributed by atoms with Crippen LogP contribution in [-0.2, 0) is 81.3 Å². The van der Waals surface area contributed by atoms with Gasteiger partial charge in [0, 0.05) is 159 Å². The number of amides is 4. The molecular weight excluding hydrogens is 1860 g/mol. The van der Waals surface area contributed by atoms with E-state index in [0.29, 0.717) is 193 Å². The Kier molecular flexibility index (Phi) is 30.0. The van der Waals surface area contributed by atoms with E-state index in [2.05, 4.69) is 123 Å². The lowest BCUT2D eigenvalue weighted by atomic mass is 10.2. The summed E-state index contributed by atoms with van der Waals surface area (Å²) in [4.78, 5) is 66.6. The number of nitrogens with one attached hydrogen (secondary N) is 4. The zero-order valence-electron chi connectivity index (χ0n) is 79.4. The summed E-state index contributed by atoms with van der Waals surface area (Å²) in [6.45, 7) is 10.2. The molecule has 46 heteroatoms. The van der Waals surface area contributed by atoms with E-state index in [1.165, 1.54) is 18.6 Å². The maximum absolute atomic E-state index is 12.4. The van der Waals surface area contributed by atoms with Crippen molar-refractivity contribution < 1.29 is 84.6 Å². The zero-order chi connectivity index (χ0) is 99.7. The molecule has 0 spiro atoms. The van der Waals surface area contributed by atoms with E-state index in [4.69, 9.17) is 65.5 Å². The van der Waals surface area contributed by atoms with Crippen LogP contribution in [0, 0.1) is 0 Å². The Morgan fingerprint density at radius 3 is 0.812 bits per heavy atom. The number of nitrogens with zero attached hydrogens (tertiary/aromatic N) is 24. The highest BCUT2D eigenvalue weighted by Gasteiger charge is 2.28. The second-order valence-corrected chi connectivity index (χ2v) is 33.2. The van der Waals surface area contributed by atoms with Gasteiger partial charge in [-0.1, -0.05) is 93.4 Å². The molecule has 144 heavy (non-hydrogen) atoms. The molecule has 2 atom stereocenters. The molecule has 0 saturated heterocycles. The SMILES string of the molecule is COCc1cc(-c2nnc3c4ccccc4c(OCc4ccc(C(=O)NC(C)C)cn4)nn23)no1.COCc1cc(-c2nnc3c4ccccc4c(OCc4ccc(C(=O)NC(C)COC)cn4)nn23)no1.COCc1cc(-c2nnc3c4ccccc4c(OCc4ccc(C(=O)NC5CC5)cn4)nn23)no1.COCc1cc(-c2nnc3c4ccccc4c(OCc4ccc(C(=O)N[C@H](C)COC)cn4)nn23)no1. The monoisotopic (exact) mass is 1950 g/mol. The van der Waals surface area contributed by atoms with Gasteiger partial charge in [0.15, 0.2) is 68.4 Å². The van der Waals surface area contributed by atoms with Gasteiger partial charge in [-0.15, -0.1) is 61.2 Å². The second-order valence-electron chi connectivity index (χ2n) is 33.2. The Hall–Kier alpha value is -17.6. The number of benzene rings is 4. The van der Waals surface area contributed by atoms with E-state index < -0.39 is 0 Å². The highest BCUT2D eigenvalue weighted by molar-refractivity contribution is 6.01. The van der Waals surface area contributed by atoms with Crippen LogP contribution in [0.15, 0.2) is 213 Å². The second kappa shape index (κ2) is 44.7. The number of carbonyl (C=O) groups excluding carboxylic acids is 4. The van der Waals surface area contributed by atoms with Gasteiger partial charge in [0.25, 0.3) is 23.6 Å². The third-order valence-corrected chi connectivity index (χ3v) is 21.9. The average Bonchev–Trinajstić information content (AvgIpc) is 1.61. The Bertz CT molecular complexity index is 7470. The maximum atomic E-state index is 12.4. The van der Waals surface area contributed by atoms with E-state index in [1.54, 1.807) is 140 Å². The van der Waals surface area contributed by atoms with Crippen molar-refractivity contribution >= 4 is 89.3 Å². The summed E-state index contributed by atoms with van der Waals surface area (Å²) in [5.74, 6) is 4.73. The highest BCUT2D eigenvalue weighted by atomic mass is 16.5. The van der Waals surface area contributed by atoms with E-state index >= 15 is 0 Å². The van der Waals surface area contributed by atoms with E-state index in [1.807, 2.05) is 125 Å². The smallest absolute Gasteiger partial charge is 0.253 e. The van der Waals surface area contributed by atoms with Gasteiger partial charge in [-0.25, -0.2) is 0 Å². The lowest BCUT2D eigenvalue weighted by Gasteiger charge is -2.13. The summed E-state index contributed by atoms with van der Waals surface area (Å²) in [5.41, 5.74) is 8.69. The van der Waals surface area contributed by atoms with Crippen LogP contribution in [-0.4, -0.2) is 223 Å². The van der Waals surface area contributed by atoms with Crippen LogP contribution in [0.5, 0.6) is 23.5 Å². The molecule has 1 aliphatic rings. The van der Waals surface area contributed by atoms with Gasteiger partial charge >= 0.3 is 0 Å². The van der Waals surface area contributed by atoms with Gasteiger partial charge in [0.05, 0.1) is 58.2 Å². The van der Waals surface area contributed by atoms with Crippen molar-refractivity contribution in [1.29, 1.82) is 0 Å². The minimum atomic E-state index is -0.218. The molecule has 734 valence electrons. The van der Waals surface area contributed by atoms with Crippen molar-refractivity contribution in [2.45, 2.75) is 118 Å². The lowest BCUT2D eigenvalue weighted by Crippen LogP contribution is -2.35. The molecule has 0 aliphatic heterocycles. The third kappa shape index (κ3) is 22.3. The zero-order valence-corrected chi connectivity index (χ0v) is 79.4. The molecule has 21 rings (SSSR count). The summed E-state index contributed by atoms with van der Waals surface area (Å²) in [7, 11) is 9.49. The van der Waals surface area contributed by atoms with Gasteiger partial charge in [-0.2, -0.15) is 18.1 Å². The fourth-order valence-electron chi connectivity index (χ4n) is 15.0. The van der Waals surface area contributed by atoms with Gasteiger partial charge in [-0.05, 0) is 113 Å². The largest absolute Gasteiger partial charge is 0.470 e. The number of fused-ring (bicyclic) bond motifs is 12. The minimum Gasteiger partial charge on any atom is -0.470 e. The van der Waals surface area contributed by atoms with Crippen molar-refractivity contribution in [3.05, 3.63) is 263 Å². The number of aromatic nitrogens is 24. The highest BCUT2D eigenvalue weighted by Crippen LogP contribution is 2.36. The van der Waals surface area contributed by atoms with Crippen LogP contribution in [0.4, 0.5) is 0 Å². The molecule has 16 heterocycles. The molecule has 1 saturated carbocycles. The quantitative estimate of drug-likeness (QED) is 0.0283. The normalized spacial score (nSPS) is 12.3. The molecule has 46 nitrogen and oxygen atoms in total. The van der Waals surface area contributed by atoms with Crippen LogP contribution in [0.3, 0.4) is 0 Å². The molecule has 0 bridgehead atoms. The van der Waals surface area contributed by atoms with Gasteiger partial charge in [0.1, 0.15) is 52.9 Å². The van der Waals surface area contributed by atoms with E-state index in [-0.39, 0.29) is 81.4 Å². The first-order chi connectivity index (χ1) is 70.4. The van der Waals surface area contributed by atoms with Crippen LogP contribution in [0.25, 0.3) is 112 Å². The first-order valence-electron chi connectivity index (χ1n) is 45.3. The third-order valence-electron chi connectivity index (χ3n) is 21.9. The van der Waals surface area contributed by atoms with Gasteiger partial charge < -0.3 is 86.7 Å². The fourth-order valence-corrected chi connectivity index (χ4v) is 15.0. The Balaban J connectivity index is 0.000000126. The number of hydrogen-bond acceptors (Lipinski definition) is 38. The Morgan fingerprint density at radius 1 is 0.319 bits per heavy atom. The maximum Gasteiger partial charge on any atom is 0.253 e. The number of carbonyl (C=O) groups is 4. The molecule has 4 amide bonds. The van der Waals surface area contributed by atoms with Crippen LogP contribution >= 0.6 is 0 Å². The molecule has 0 radical (unpaired) electrons. The van der Waals surface area contributed by atoms with Crippen LogP contribution in [0.2, 0.25) is 0 Å². The Labute approximate surface area is 816 Å². The van der Waals surface area contributed by atoms with Crippen molar-refractivity contribution in [3.8, 4) is 69.6 Å². The molecule has 4 N–H and O–H groups in total. The van der Waals surface area contributed by atoms with Crippen molar-refractivity contribution in [3.63, 3.8) is 0 Å². The first kappa shape index (κ1) is 96.7. The summed E-state index contributed by atoms with van der Waals surface area (Å²) in [5, 5.41) is 87.2. The predicted octanol–water partition coefficient (Wildman–Crippen LogP) is 11.8. The van der Waals surface area contributed by atoms with Crippen molar-refractivity contribution in [2.24, 2.45) is 0 Å². The molecule has 1 aliphatic carbocycles. The van der Waals surface area contributed by atoms with E-state index in [0.717, 1.165) is 55.9 Å². The standard InChI is InChI=1S/2C25H25N7O5.C24H21N7O4.C24H23N7O4/c2*1-15(12-34-2)27-24(33)16-8-9-17(26-11-16)13-36-25-20-7-5-4-6-19(20)22-28-29-23(32(22)30-25)21-10-18(14-35-3)37-31-21;1-33-13-17-10-20(30-35-17)22-28-27-21-18-4-2-3-5-19(18)24(29-31(21)22)34-12-16-7-6-14(11-25-16)23(32)26-15-8-9-15;1-14(2)26-23(32)15-8-9-16(25-11-15)12-34-24-19-7-5-4-6-18(19)21-27-28-22(31(21)29-24)20-10-17(13-33-3)35-30-20/h2*4-11,15H,12-14H2,1-3H3,(H,27,33);2-7,10-11,15H,8-9,12-13H2,1H3,(H,26,32);4-11,14H,12-13H2,1-3H3,(H,26,32)/t15-;;;/m1.../s1. The van der Waals surface area contributed by atoms with Crippen LogP contribution < -0.4 is 40.2 Å². The molecular formula is C98H94N28O18. The number of ether oxygens (including phenoxy) is 10. The number of pyridine rings is 4. The van der Waals surface area contributed by atoms with Gasteiger partial charge in [-0.3, -0.25) is 39.1 Å². The molecule has 20 aromatic rings. The fraction of sp³-hybridized carbons (Fsp3) is 0.265. The van der Waals surface area contributed by atoms with Crippen molar-refractivity contribution in [2.75, 3.05) is 55.9 Å². The van der Waals surface area contributed by atoms with E-state index in [9.17, 15) is 19.2 Å². The summed E-state index contributed by atoms with van der Waals surface area (Å²) >= 11 is 0. The Morgan fingerprint density at radius 2 is 0.576 bits per heavy atom. The van der Waals surface area contributed by atoms with Gasteiger partial charge in [0.2, 0.25) is 46.8 Å². The predicted molar refractivity (Wildman–Crippen MR) is 513 cm³/mol. The molecule has 1 unspecified atom stereocenters. The lowest BCUT2D eigenvalue weighted by molar-refractivity contribution is 0.0897. The number of hydrogen-bond donors (Lipinski definition) is 4. The minimum absolute atomic E-state index is 0.0474. The average molecular weight is 1950 g/mol. The first-order valence-corrected chi connectivity index (χ1v) is 45.3. The number of rotatable bonds is 36. The van der Waals surface area contributed by atoms with Crippen molar-refractivity contribution in [1.82, 2.24) is 141 Å².